The highest BCUT2D eigenvalue weighted by Crippen LogP contribution is 2.24. The molecule has 0 radical (unpaired) electrons. The summed E-state index contributed by atoms with van der Waals surface area (Å²) >= 11 is 5.03. The largest absolute Gasteiger partial charge is 0.389 e. The third kappa shape index (κ3) is 2.70. The summed E-state index contributed by atoms with van der Waals surface area (Å²) in [5.41, 5.74) is 8.49. The molecule has 0 unspecified atom stereocenters. The molecule has 0 atom stereocenters. The molecule has 100 valence electrons. The van der Waals surface area contributed by atoms with Crippen molar-refractivity contribution in [3.63, 3.8) is 0 Å². The van der Waals surface area contributed by atoms with Crippen molar-refractivity contribution in [2.75, 3.05) is 18.0 Å². The van der Waals surface area contributed by atoms with Crippen LogP contribution in [0.25, 0.3) is 0 Å². The molecular weight excluding hydrogens is 264 g/mol. The van der Waals surface area contributed by atoms with Crippen molar-refractivity contribution < 1.29 is 9.59 Å². The van der Waals surface area contributed by atoms with Crippen molar-refractivity contribution in [3.05, 3.63) is 23.0 Å². The lowest BCUT2D eigenvalue weighted by molar-refractivity contribution is -0.130. The topological polar surface area (TPSA) is 88.3 Å². The Morgan fingerprint density at radius 3 is 2.47 bits per heavy atom. The fraction of sp³-hybridized carbons (Fsp3) is 0.333. The van der Waals surface area contributed by atoms with Crippen LogP contribution in [0.2, 0.25) is 0 Å². The van der Waals surface area contributed by atoms with Crippen molar-refractivity contribution in [1.82, 2.24) is 10.3 Å². The van der Waals surface area contributed by atoms with Crippen LogP contribution in [-0.2, 0) is 9.59 Å². The number of nitrogens with two attached hydrogens (primary N) is 1. The summed E-state index contributed by atoms with van der Waals surface area (Å²) in [6.07, 6.45) is 0. The molecule has 0 saturated carbocycles. The number of pyridine rings is 1. The van der Waals surface area contributed by atoms with E-state index in [1.54, 1.807) is 17.9 Å². The standard InChI is InChI=1S/C12H14N4O2S/c1-6-3-8(11(12(13)19)7(2)14-6)16-4-9(17)15-10(18)5-16/h3H,4-5H2,1-2H3,(H2,13,19)(H,15,17,18). The first-order valence-corrected chi connectivity index (χ1v) is 6.15. The number of piperazine rings is 1. The first kappa shape index (κ1) is 13.4. The monoisotopic (exact) mass is 278 g/mol. The maximum atomic E-state index is 11.5. The number of imide groups is 1. The average Bonchev–Trinajstić information content (AvgIpc) is 2.25. The van der Waals surface area contributed by atoms with Gasteiger partial charge in [-0.2, -0.15) is 0 Å². The molecule has 7 heteroatoms. The first-order chi connectivity index (χ1) is 8.88. The van der Waals surface area contributed by atoms with Crippen LogP contribution in [0, 0.1) is 13.8 Å². The highest BCUT2D eigenvalue weighted by atomic mass is 32.1. The van der Waals surface area contributed by atoms with Crippen LogP contribution in [0.1, 0.15) is 17.0 Å². The van der Waals surface area contributed by atoms with E-state index in [4.69, 9.17) is 18.0 Å². The van der Waals surface area contributed by atoms with Gasteiger partial charge in [-0.1, -0.05) is 12.2 Å². The molecule has 0 aromatic carbocycles. The zero-order chi connectivity index (χ0) is 14.2. The number of thiocarbonyl (C=S) groups is 1. The van der Waals surface area contributed by atoms with Gasteiger partial charge in [0.05, 0.1) is 24.3 Å². The lowest BCUT2D eigenvalue weighted by Crippen LogP contribution is -2.52. The number of rotatable bonds is 2. The number of anilines is 1. The number of hydrogen-bond acceptors (Lipinski definition) is 5. The Kier molecular flexibility index (Phi) is 3.48. The number of nitrogens with zero attached hydrogens (tertiary/aromatic N) is 2. The van der Waals surface area contributed by atoms with E-state index in [0.29, 0.717) is 16.9 Å². The molecule has 1 aromatic heterocycles. The van der Waals surface area contributed by atoms with E-state index >= 15 is 0 Å². The van der Waals surface area contributed by atoms with Crippen LogP contribution < -0.4 is 16.0 Å². The van der Waals surface area contributed by atoms with E-state index < -0.39 is 0 Å². The second kappa shape index (κ2) is 4.93. The van der Waals surface area contributed by atoms with Crippen LogP contribution >= 0.6 is 12.2 Å². The normalized spacial score (nSPS) is 15.4. The highest BCUT2D eigenvalue weighted by molar-refractivity contribution is 7.80. The first-order valence-electron chi connectivity index (χ1n) is 5.74. The quantitative estimate of drug-likeness (QED) is 0.575. The van der Waals surface area contributed by atoms with E-state index in [0.717, 1.165) is 5.69 Å². The number of carbonyl (C=O) groups excluding carboxylic acids is 2. The van der Waals surface area contributed by atoms with Crippen molar-refractivity contribution in [2.24, 2.45) is 5.73 Å². The van der Waals surface area contributed by atoms with Crippen LogP contribution in [0.15, 0.2) is 6.07 Å². The van der Waals surface area contributed by atoms with Crippen molar-refractivity contribution in [3.8, 4) is 0 Å². The van der Waals surface area contributed by atoms with E-state index in [1.807, 2.05) is 6.92 Å². The maximum absolute atomic E-state index is 11.5. The van der Waals surface area contributed by atoms with Gasteiger partial charge in [0.2, 0.25) is 11.8 Å². The molecule has 19 heavy (non-hydrogen) atoms. The van der Waals surface area contributed by atoms with E-state index in [2.05, 4.69) is 10.3 Å². The maximum Gasteiger partial charge on any atom is 0.246 e. The Morgan fingerprint density at radius 2 is 1.95 bits per heavy atom. The van der Waals surface area contributed by atoms with Crippen molar-refractivity contribution >= 4 is 34.7 Å². The predicted octanol–water partition coefficient (Wildman–Crippen LogP) is -0.205. The van der Waals surface area contributed by atoms with Gasteiger partial charge in [0.25, 0.3) is 0 Å². The second-order valence-electron chi connectivity index (χ2n) is 4.43. The van der Waals surface area contributed by atoms with Gasteiger partial charge in [0, 0.05) is 11.4 Å². The number of carbonyl (C=O) groups is 2. The van der Waals surface area contributed by atoms with E-state index in [-0.39, 0.29) is 29.9 Å². The molecule has 0 aliphatic carbocycles. The summed E-state index contributed by atoms with van der Waals surface area (Å²) in [6.45, 7) is 3.84. The summed E-state index contributed by atoms with van der Waals surface area (Å²) in [5.74, 6) is -0.672. The van der Waals surface area contributed by atoms with Gasteiger partial charge in [-0.3, -0.25) is 19.9 Å². The molecule has 2 amide bonds. The van der Waals surface area contributed by atoms with Crippen LogP contribution in [0.3, 0.4) is 0 Å². The Labute approximate surface area is 116 Å². The van der Waals surface area contributed by atoms with Gasteiger partial charge in [-0.15, -0.1) is 0 Å². The minimum absolute atomic E-state index is 0.101. The molecule has 0 spiro atoms. The summed E-state index contributed by atoms with van der Waals surface area (Å²) in [6, 6.07) is 1.79. The van der Waals surface area contributed by atoms with Gasteiger partial charge in [-0.25, -0.2) is 0 Å². The van der Waals surface area contributed by atoms with Gasteiger partial charge in [0.15, 0.2) is 0 Å². The molecule has 0 bridgehead atoms. The van der Waals surface area contributed by atoms with Gasteiger partial charge in [-0.05, 0) is 19.9 Å². The fourth-order valence-corrected chi connectivity index (χ4v) is 2.42. The average molecular weight is 278 g/mol. The number of amides is 2. The molecule has 1 fully saturated rings. The van der Waals surface area contributed by atoms with Crippen LogP contribution in [0.5, 0.6) is 0 Å². The lowest BCUT2D eigenvalue weighted by atomic mass is 10.1. The number of hydrogen-bond donors (Lipinski definition) is 2. The lowest BCUT2D eigenvalue weighted by Gasteiger charge is -2.29. The molecule has 1 saturated heterocycles. The third-order valence-electron chi connectivity index (χ3n) is 2.84. The van der Waals surface area contributed by atoms with E-state index in [9.17, 15) is 9.59 Å². The third-order valence-corrected chi connectivity index (χ3v) is 3.05. The molecule has 1 aliphatic heterocycles. The highest BCUT2D eigenvalue weighted by Gasteiger charge is 2.26. The number of aryl methyl sites for hydroxylation is 2. The number of nitrogens with one attached hydrogen (secondary N) is 1. The summed E-state index contributed by atoms with van der Waals surface area (Å²) in [4.78, 5) is 29.1. The van der Waals surface area contributed by atoms with Gasteiger partial charge >= 0.3 is 0 Å². The Balaban J connectivity index is 2.51. The molecule has 1 aliphatic rings. The Morgan fingerprint density at radius 1 is 1.37 bits per heavy atom. The molecule has 2 rings (SSSR count). The second-order valence-corrected chi connectivity index (χ2v) is 4.87. The molecule has 6 nitrogen and oxygen atoms in total. The van der Waals surface area contributed by atoms with Crippen molar-refractivity contribution in [2.45, 2.75) is 13.8 Å². The minimum atomic E-state index is -0.336. The number of aromatic nitrogens is 1. The summed E-state index contributed by atoms with van der Waals surface area (Å²) < 4.78 is 0. The smallest absolute Gasteiger partial charge is 0.246 e. The molecular formula is C12H14N4O2S. The SMILES string of the molecule is Cc1cc(N2CC(=O)NC(=O)C2)c(C(N)=S)c(C)n1. The molecule has 3 N–H and O–H groups in total. The Hall–Kier alpha value is -2.02. The molecule has 1 aromatic rings. The zero-order valence-electron chi connectivity index (χ0n) is 10.7. The van der Waals surface area contributed by atoms with Gasteiger partial charge < -0.3 is 10.6 Å². The Bertz CT molecular complexity index is 569. The van der Waals surface area contributed by atoms with Crippen LogP contribution in [-0.4, -0.2) is 34.9 Å². The van der Waals surface area contributed by atoms with Crippen LogP contribution in [0.4, 0.5) is 5.69 Å². The van der Waals surface area contributed by atoms with Crippen molar-refractivity contribution in [1.29, 1.82) is 0 Å². The van der Waals surface area contributed by atoms with Gasteiger partial charge in [0.1, 0.15) is 4.99 Å². The zero-order valence-corrected chi connectivity index (χ0v) is 11.5. The predicted molar refractivity (Wildman–Crippen MR) is 75.0 cm³/mol. The minimum Gasteiger partial charge on any atom is -0.389 e. The molecule has 2 heterocycles. The fourth-order valence-electron chi connectivity index (χ4n) is 2.17. The van der Waals surface area contributed by atoms with E-state index in [1.165, 1.54) is 0 Å². The summed E-state index contributed by atoms with van der Waals surface area (Å²) in [5, 5.41) is 2.26. The summed E-state index contributed by atoms with van der Waals surface area (Å²) in [7, 11) is 0.